The van der Waals surface area contributed by atoms with Crippen molar-refractivity contribution in [3.8, 4) is 17.2 Å². The second-order valence-electron chi connectivity index (χ2n) is 15.5. The van der Waals surface area contributed by atoms with Gasteiger partial charge in [-0.3, -0.25) is 29.5 Å². The van der Waals surface area contributed by atoms with Crippen molar-refractivity contribution in [2.24, 2.45) is 23.7 Å². The normalized spacial score (nSPS) is 24.7. The third-order valence-corrected chi connectivity index (χ3v) is 13.0. The fraction of sp³-hybridized carbons (Fsp3) is 0.234. The molecule has 2 aliphatic carbocycles. The molecule has 0 spiro atoms. The molecule has 2 saturated heterocycles. The van der Waals surface area contributed by atoms with Crippen LogP contribution in [0.25, 0.3) is 0 Å². The molecule has 0 radical (unpaired) electrons. The number of hydrogen-bond acceptors (Lipinski definition) is 8. The molecule has 2 aliphatic heterocycles. The fourth-order valence-electron chi connectivity index (χ4n) is 9.77. The Bertz CT molecular complexity index is 2510. The Morgan fingerprint density at radius 2 is 1.47 bits per heavy atom. The predicted molar refractivity (Wildman–Crippen MR) is 222 cm³/mol. The van der Waals surface area contributed by atoms with Gasteiger partial charge in [-0.2, -0.15) is 5.01 Å². The lowest BCUT2D eigenvalue weighted by Crippen LogP contribution is -2.53. The van der Waals surface area contributed by atoms with Crippen molar-refractivity contribution in [2.45, 2.75) is 37.3 Å². The molecule has 3 fully saturated rings. The number of likely N-dealkylation sites (tertiary alicyclic amines) is 1. The van der Waals surface area contributed by atoms with E-state index in [4.69, 9.17) is 32.7 Å². The van der Waals surface area contributed by atoms with Crippen LogP contribution < -0.4 is 14.9 Å². The first-order valence-electron chi connectivity index (χ1n) is 19.4. The van der Waals surface area contributed by atoms with Crippen molar-refractivity contribution in [1.29, 1.82) is 0 Å². The van der Waals surface area contributed by atoms with E-state index in [0.717, 1.165) is 16.1 Å². The number of imide groups is 2. The number of rotatable bonds is 10. The van der Waals surface area contributed by atoms with E-state index in [1.54, 1.807) is 55.6 Å². The lowest BCUT2D eigenvalue weighted by Gasteiger charge is -2.50. The van der Waals surface area contributed by atoms with Gasteiger partial charge in [-0.25, -0.2) is 0 Å². The van der Waals surface area contributed by atoms with E-state index in [2.05, 4.69) is 5.43 Å². The standard InChI is InChI=1S/C47H39Cl2N3O7/c1-58-31-15-12-29(13-16-31)47-37(44(55)52(46(47)57)50-39-21-14-30(48)22-38(39)49)24-36-33(19-20-35-41(36)45(56)51(43(35)54)25-27-8-4-2-5-9-27)42(47)34-18-17-32(23-40(34)53)59-26-28-10-6-3-7-11-28/h2-19,21-23,35-37,41-42,50,53H,20,24-26H2,1H3. The summed E-state index contributed by atoms with van der Waals surface area (Å²) in [6.45, 7) is 0.381. The van der Waals surface area contributed by atoms with Gasteiger partial charge in [0.15, 0.2) is 0 Å². The second-order valence-corrected chi connectivity index (χ2v) is 16.3. The summed E-state index contributed by atoms with van der Waals surface area (Å²) in [7, 11) is 1.54. The maximum atomic E-state index is 15.6. The number of ether oxygens (including phenoxy) is 2. The Kier molecular flexibility index (Phi) is 9.93. The first-order valence-corrected chi connectivity index (χ1v) is 20.2. The van der Waals surface area contributed by atoms with Gasteiger partial charge in [-0.05, 0) is 71.8 Å². The van der Waals surface area contributed by atoms with E-state index >= 15 is 9.59 Å². The minimum atomic E-state index is -1.64. The van der Waals surface area contributed by atoms with Crippen molar-refractivity contribution < 1.29 is 33.8 Å². The number of benzene rings is 5. The van der Waals surface area contributed by atoms with Crippen molar-refractivity contribution in [1.82, 2.24) is 9.91 Å². The molecule has 9 rings (SSSR count). The second kappa shape index (κ2) is 15.3. The predicted octanol–water partition coefficient (Wildman–Crippen LogP) is 8.47. The number of allylic oxidation sites excluding steroid dienone is 2. The molecule has 1 saturated carbocycles. The number of aromatic hydroxyl groups is 1. The number of carbonyl (C=O) groups is 4. The Labute approximate surface area is 350 Å². The number of phenols is 1. The van der Waals surface area contributed by atoms with Crippen LogP contribution in [-0.2, 0) is 37.7 Å². The number of fused-ring (bicyclic) bond motifs is 4. The number of phenolic OH excluding ortho intramolecular Hbond substituents is 1. The summed E-state index contributed by atoms with van der Waals surface area (Å²) in [6.07, 6.45) is 2.29. The van der Waals surface area contributed by atoms with Crippen LogP contribution in [0, 0.1) is 23.7 Å². The van der Waals surface area contributed by atoms with Gasteiger partial charge in [0, 0.05) is 22.6 Å². The fourth-order valence-corrected chi connectivity index (χ4v) is 10.2. The van der Waals surface area contributed by atoms with Crippen molar-refractivity contribution in [2.75, 3.05) is 12.5 Å². The van der Waals surface area contributed by atoms with E-state index < -0.39 is 46.8 Å². The Hall–Kier alpha value is -6.10. The molecule has 298 valence electrons. The minimum Gasteiger partial charge on any atom is -0.508 e. The number of carbonyl (C=O) groups excluding carboxylic acids is 4. The molecule has 2 heterocycles. The summed E-state index contributed by atoms with van der Waals surface area (Å²) < 4.78 is 11.6. The molecule has 4 amide bonds. The van der Waals surface area contributed by atoms with Crippen LogP contribution in [0.5, 0.6) is 17.2 Å². The molecule has 0 bridgehead atoms. The number of methoxy groups -OCH3 is 1. The van der Waals surface area contributed by atoms with Gasteiger partial charge >= 0.3 is 0 Å². The highest BCUT2D eigenvalue weighted by molar-refractivity contribution is 6.36. The lowest BCUT2D eigenvalue weighted by atomic mass is 9.49. The number of nitrogens with one attached hydrogen (secondary N) is 1. The van der Waals surface area contributed by atoms with Crippen LogP contribution in [0.1, 0.15) is 41.0 Å². The van der Waals surface area contributed by atoms with E-state index in [1.807, 2.05) is 66.7 Å². The molecule has 59 heavy (non-hydrogen) atoms. The van der Waals surface area contributed by atoms with Crippen LogP contribution >= 0.6 is 23.2 Å². The molecule has 6 unspecified atom stereocenters. The first-order chi connectivity index (χ1) is 28.6. The summed E-state index contributed by atoms with van der Waals surface area (Å²) >= 11 is 12.8. The summed E-state index contributed by atoms with van der Waals surface area (Å²) in [5, 5.41) is 13.7. The van der Waals surface area contributed by atoms with E-state index in [0.29, 0.717) is 33.2 Å². The zero-order valence-corrected chi connectivity index (χ0v) is 33.4. The molecule has 5 aromatic carbocycles. The maximum Gasteiger partial charge on any atom is 0.260 e. The van der Waals surface area contributed by atoms with Gasteiger partial charge in [-0.1, -0.05) is 114 Å². The molecule has 4 aliphatic rings. The number of nitrogens with zero attached hydrogens (tertiary/aromatic N) is 2. The molecule has 0 aromatic heterocycles. The van der Waals surface area contributed by atoms with Gasteiger partial charge in [-0.15, -0.1) is 0 Å². The Balaban J connectivity index is 1.20. The molecule has 5 aromatic rings. The third-order valence-electron chi connectivity index (χ3n) is 12.4. The van der Waals surface area contributed by atoms with Crippen molar-refractivity contribution in [3.05, 3.63) is 165 Å². The lowest BCUT2D eigenvalue weighted by molar-refractivity contribution is -0.142. The maximum absolute atomic E-state index is 15.6. The Morgan fingerprint density at radius 1 is 0.780 bits per heavy atom. The van der Waals surface area contributed by atoms with Crippen LogP contribution in [-0.4, -0.2) is 45.8 Å². The molecule has 6 atom stereocenters. The van der Waals surface area contributed by atoms with Gasteiger partial charge in [0.25, 0.3) is 11.8 Å². The number of anilines is 1. The largest absolute Gasteiger partial charge is 0.508 e. The molecule has 10 nitrogen and oxygen atoms in total. The van der Waals surface area contributed by atoms with Crippen LogP contribution in [0.15, 0.2) is 133 Å². The minimum absolute atomic E-state index is 0.0872. The highest BCUT2D eigenvalue weighted by Crippen LogP contribution is 2.65. The average Bonchev–Trinajstić information content (AvgIpc) is 3.62. The highest BCUT2D eigenvalue weighted by atomic mass is 35.5. The topological polar surface area (TPSA) is 125 Å². The van der Waals surface area contributed by atoms with E-state index in [1.165, 1.54) is 17.0 Å². The quantitative estimate of drug-likeness (QED) is 0.106. The summed E-state index contributed by atoms with van der Waals surface area (Å²) in [5.74, 6) is -4.95. The number of halogens is 2. The highest BCUT2D eigenvalue weighted by Gasteiger charge is 2.70. The van der Waals surface area contributed by atoms with E-state index in [-0.39, 0.29) is 54.3 Å². The molecular formula is C47H39Cl2N3O7. The van der Waals surface area contributed by atoms with Gasteiger partial charge in [0.05, 0.1) is 47.5 Å². The van der Waals surface area contributed by atoms with Crippen LogP contribution in [0.3, 0.4) is 0 Å². The molecule has 2 N–H and O–H groups in total. The SMILES string of the molecule is COc1ccc(C23C(=O)N(Nc4ccc(Cl)cc4Cl)C(=O)C2CC2C(=CCC4C(=O)N(Cc5ccccc5)C(=O)C42)C3c2ccc(OCc3ccccc3)cc2O)cc1. The van der Waals surface area contributed by atoms with Crippen LogP contribution in [0.4, 0.5) is 5.69 Å². The first kappa shape index (κ1) is 38.4. The number of hydrogen-bond donors (Lipinski definition) is 2. The summed E-state index contributed by atoms with van der Waals surface area (Å²) in [5.41, 5.74) is 5.01. The third kappa shape index (κ3) is 6.42. The van der Waals surface area contributed by atoms with Gasteiger partial charge in [0.2, 0.25) is 11.8 Å². The van der Waals surface area contributed by atoms with Crippen LogP contribution in [0.2, 0.25) is 10.0 Å². The molecular weight excluding hydrogens is 789 g/mol. The smallest absolute Gasteiger partial charge is 0.260 e. The summed E-state index contributed by atoms with van der Waals surface area (Å²) in [4.78, 5) is 60.7. The molecule has 12 heteroatoms. The average molecular weight is 829 g/mol. The number of amides is 4. The van der Waals surface area contributed by atoms with Gasteiger partial charge < -0.3 is 14.6 Å². The zero-order valence-electron chi connectivity index (χ0n) is 31.9. The Morgan fingerprint density at radius 3 is 2.15 bits per heavy atom. The number of hydrazine groups is 1. The zero-order chi connectivity index (χ0) is 41.0. The summed E-state index contributed by atoms with van der Waals surface area (Å²) in [6, 6.07) is 35.7. The van der Waals surface area contributed by atoms with Crippen molar-refractivity contribution >= 4 is 52.5 Å². The van der Waals surface area contributed by atoms with Gasteiger partial charge in [0.1, 0.15) is 23.9 Å². The van der Waals surface area contributed by atoms with Crippen molar-refractivity contribution in [3.63, 3.8) is 0 Å². The van der Waals surface area contributed by atoms with E-state index in [9.17, 15) is 14.7 Å². The monoisotopic (exact) mass is 827 g/mol.